The number of amides is 1. The molecule has 1 amide bonds. The number of hydroxylamine groups is 2. The molecule has 0 unspecified atom stereocenters. The Hall–Kier alpha value is -0.824. The van der Waals surface area contributed by atoms with Crippen LogP contribution in [0.5, 0.6) is 0 Å². The van der Waals surface area contributed by atoms with Crippen LogP contribution in [0, 0.1) is 113 Å². The van der Waals surface area contributed by atoms with Gasteiger partial charge in [0, 0.05) is 115 Å². The van der Waals surface area contributed by atoms with E-state index in [1.54, 1.807) is 52.3 Å². The Morgan fingerprint density at radius 1 is 0.646 bits per heavy atom. The quantitative estimate of drug-likeness (QED) is 0.142. The van der Waals surface area contributed by atoms with Crippen molar-refractivity contribution in [3.05, 3.63) is 70.8 Å². The predicted octanol–water partition coefficient (Wildman–Crippen LogP) is 6.55. The van der Waals surface area contributed by atoms with Gasteiger partial charge in [-0.25, -0.2) is 13.8 Å². The number of halogens is 3. The van der Waals surface area contributed by atoms with Crippen LogP contribution in [-0.2, 0) is 14.4 Å². The fourth-order valence-corrected chi connectivity index (χ4v) is 18.1. The van der Waals surface area contributed by atoms with E-state index >= 15 is 0 Å². The predicted molar refractivity (Wildman–Crippen MR) is 338 cm³/mol. The van der Waals surface area contributed by atoms with Gasteiger partial charge >= 0.3 is 23.1 Å². The van der Waals surface area contributed by atoms with E-state index in [4.69, 9.17) is 56.0 Å². The number of Topliss-reactive ketones (excluding diaryl/α,β-unsaturated/α-hetero) is 1. The van der Waals surface area contributed by atoms with E-state index in [1.807, 2.05) is 13.8 Å². The molecule has 82 heavy (non-hydrogen) atoms. The molecule has 7 nitrogen and oxygen atoms in total. The number of carbonyl (C=O) groups excluding carboxylic acids is 2. The monoisotopic (exact) mass is 1190 g/mol. The smallest absolute Gasteiger partial charge is 1.00 e. The number of aliphatic hydroxyl groups is 2. The van der Waals surface area contributed by atoms with E-state index in [9.17, 15) is 28.6 Å². The number of fused-ring (bicyclic) bond motifs is 10. The van der Waals surface area contributed by atoms with E-state index in [-0.39, 0.29) is 93.5 Å². The molecule has 8 aliphatic carbocycles. The van der Waals surface area contributed by atoms with Crippen molar-refractivity contribution in [1.29, 1.82) is 0 Å². The fraction of sp³-hybridized carbons (Fsp3) is 0.770. The summed E-state index contributed by atoms with van der Waals surface area (Å²) >= 11 is 0. The minimum atomic E-state index is -0.667. The van der Waals surface area contributed by atoms with Gasteiger partial charge in [0.2, 0.25) is 5.91 Å². The van der Waals surface area contributed by atoms with Crippen LogP contribution in [0.4, 0.5) is 8.78 Å². The molecule has 9 fully saturated rings. The van der Waals surface area contributed by atoms with E-state index in [0.717, 1.165) is 99.6 Å². The summed E-state index contributed by atoms with van der Waals surface area (Å²) in [7, 11) is 35.1. The number of ether oxygens (including phenoxy) is 1. The molecule has 16 atom stereocenters. The van der Waals surface area contributed by atoms with E-state index < -0.39 is 36.7 Å². The molecule has 2 aromatic rings. The van der Waals surface area contributed by atoms with Crippen LogP contribution in [0.3, 0.4) is 0 Å². The van der Waals surface area contributed by atoms with Crippen molar-refractivity contribution in [2.24, 2.45) is 81.8 Å². The number of nitrogens with zero attached hydrogens (tertiary/aromatic N) is 1. The van der Waals surface area contributed by atoms with Gasteiger partial charge in [0.15, 0.2) is 5.78 Å². The van der Waals surface area contributed by atoms with Crippen LogP contribution in [0.25, 0.3) is 0 Å². The van der Waals surface area contributed by atoms with E-state index in [0.29, 0.717) is 34.4 Å². The topological polar surface area (TPSA) is 96.3 Å². The molecule has 1 heterocycles. The Bertz CT molecular complexity index is 2300. The van der Waals surface area contributed by atoms with Gasteiger partial charge in [0.1, 0.15) is 5.82 Å². The number of hydrogen-bond donors (Lipinski definition) is 2. The van der Waals surface area contributed by atoms with Crippen molar-refractivity contribution in [1.82, 2.24) is 5.06 Å². The first-order chi connectivity index (χ1) is 37.2. The first-order valence-corrected chi connectivity index (χ1v) is 30.5. The summed E-state index contributed by atoms with van der Waals surface area (Å²) in [6.45, 7) is 14.3. The molecule has 2 N–H and O–H groups in total. The van der Waals surface area contributed by atoms with Gasteiger partial charge in [0.25, 0.3) is 0 Å². The van der Waals surface area contributed by atoms with Gasteiger partial charge in [0.05, 0.1) is 18.3 Å². The minimum absolute atomic E-state index is 0. The zero-order valence-corrected chi connectivity index (χ0v) is 53.5. The van der Waals surface area contributed by atoms with Crippen LogP contribution in [-0.4, -0.2) is 161 Å². The summed E-state index contributed by atoms with van der Waals surface area (Å²) in [5.41, 5.74) is 1.25. The van der Waals surface area contributed by atoms with Crippen molar-refractivity contribution in [3.63, 3.8) is 0 Å². The molecular formula is C61H92B10BrF2MgNO6. The SMILES string of the molecule is C.C1CCOC1.CON(C)C(=O)[C@H]1CC[C@H]2[C@@H]3CC[C@H]4C[C@](C)(O)CC[C@@H]4[C@H]3CC[C@]12C.Cc1c[c-]ccc1F.Cc1cc(C(=O)[C@H]2CC[C@H]3[C@@H]4CC[C@H]5C[C@](C)(O)CC[C@@H]5[C@H]4CC[C@]23C)ccc1F.[B]B([B])B(B([B])[B])B([B])[B].[Br-].[Mg+2]. The molecule has 0 aromatic heterocycles. The van der Waals surface area contributed by atoms with Crippen LogP contribution >= 0.6 is 0 Å². The second-order valence-electron chi connectivity index (χ2n) is 27.3. The van der Waals surface area contributed by atoms with Crippen LogP contribution < -0.4 is 17.0 Å². The van der Waals surface area contributed by atoms with Crippen molar-refractivity contribution in [2.45, 2.75) is 189 Å². The average molecular weight is 1190 g/mol. The first kappa shape index (κ1) is 73.6. The summed E-state index contributed by atoms with van der Waals surface area (Å²) in [6, 6.07) is 12.2. The number of aryl methyl sites for hydroxylation is 2. The Balaban J connectivity index is 0.000000250. The standard InChI is InChI=1S/C27H37FO2.C22H37NO3.C7H6F.C4H8O.CH4.B10.BrH.Mg/c1-16-14-17(5-9-24(16)28)25(29)23-8-7-22-21-6-4-18-15-26(2,30)12-10-19(18)20(21)11-13-27(22,23)3;1-21(25)11-9-15-14(13-21)5-6-17-16(15)10-12-22(2)18(17)7-8-19(22)20(24)23(3)26-4;1-6-4-2-3-5-7(6)8;1-2-4-5-3-1;;1-7(2)10(8(3)4)9(5)6;;/h5,9,14,18-23,30H,4,6-8,10-13,15H2,1-3H3;14-19,25H,5-13H2,1-4H3;3-5H,1H3;1-4H2;1H4;;1H;/q;;-1;;;;;+2/p-1/t18-,19-,20+,21+,22-,23+,26+,27-;14-,15-,16+,17+,18-,19+,21+,22-;;;;;;/m00....../s1. The molecule has 11 rings (SSSR count). The van der Waals surface area contributed by atoms with Crippen molar-refractivity contribution in [3.8, 4) is 0 Å². The van der Waals surface area contributed by atoms with Gasteiger partial charge < -0.3 is 31.9 Å². The van der Waals surface area contributed by atoms with Gasteiger partial charge in [-0.2, -0.15) is 18.2 Å². The van der Waals surface area contributed by atoms with Crippen LogP contribution in [0.15, 0.2) is 36.4 Å². The summed E-state index contributed by atoms with van der Waals surface area (Å²) < 4.78 is 31.0. The molecule has 8 saturated carbocycles. The van der Waals surface area contributed by atoms with Gasteiger partial charge in [-0.1, -0.05) is 28.2 Å². The van der Waals surface area contributed by atoms with Crippen molar-refractivity contribution < 1.29 is 55.1 Å². The van der Waals surface area contributed by atoms with Gasteiger partial charge in [-0.3, -0.25) is 14.4 Å². The Labute approximate surface area is 531 Å². The summed E-state index contributed by atoms with van der Waals surface area (Å²) in [5, 5.41) is 22.5. The summed E-state index contributed by atoms with van der Waals surface area (Å²) in [5.74, 6) is 7.76. The molecule has 430 valence electrons. The zero-order chi connectivity index (χ0) is 57.8. The van der Waals surface area contributed by atoms with Gasteiger partial charge in [-0.05, 0) is 243 Å². The molecule has 0 bridgehead atoms. The average Bonchev–Trinajstić information content (AvgIpc) is 3.14. The molecule has 21 heteroatoms. The molecule has 9 aliphatic rings. The maximum atomic E-state index is 13.7. The van der Waals surface area contributed by atoms with Crippen molar-refractivity contribution >= 4 is 107 Å². The molecule has 2 aromatic carbocycles. The number of rotatable bonds is 7. The van der Waals surface area contributed by atoms with Crippen LogP contribution in [0.2, 0.25) is 0 Å². The largest absolute Gasteiger partial charge is 2.00 e. The first-order valence-electron chi connectivity index (χ1n) is 30.5. The third-order valence-electron chi connectivity index (χ3n) is 22.3. The molecule has 0 spiro atoms. The number of hydrogen-bond acceptors (Lipinski definition) is 6. The second-order valence-corrected chi connectivity index (χ2v) is 27.3. The number of carbonyl (C=O) groups is 2. The van der Waals surface area contributed by atoms with Crippen molar-refractivity contribution in [2.75, 3.05) is 27.4 Å². The molecule has 12 radical (unpaired) electrons. The molecule has 1 aliphatic heterocycles. The molecular weight excluding hydrogens is 1090 g/mol. The van der Waals surface area contributed by atoms with Crippen LogP contribution in [0.1, 0.15) is 185 Å². The molecule has 1 saturated heterocycles. The Morgan fingerprint density at radius 3 is 1.49 bits per heavy atom. The Morgan fingerprint density at radius 2 is 1.10 bits per heavy atom. The zero-order valence-electron chi connectivity index (χ0n) is 50.5. The third-order valence-corrected chi connectivity index (χ3v) is 22.3. The summed E-state index contributed by atoms with van der Waals surface area (Å²) in [6.07, 6.45) is 20.8. The number of benzene rings is 2. The third kappa shape index (κ3) is 17.1. The van der Waals surface area contributed by atoms with E-state index in [1.165, 1.54) is 101 Å². The normalized spacial score (nSPS) is 36.0. The van der Waals surface area contributed by atoms with E-state index in [2.05, 4.69) is 19.9 Å². The van der Waals surface area contributed by atoms with Gasteiger partial charge in [-0.15, -0.1) is 11.6 Å². The number of ketones is 1. The maximum Gasteiger partial charge on any atom is 2.00 e. The Kier molecular flexibility index (Phi) is 28.4. The maximum absolute atomic E-state index is 13.7. The fourth-order valence-electron chi connectivity index (χ4n) is 18.1. The summed E-state index contributed by atoms with van der Waals surface area (Å²) in [4.78, 5) is 31.6. The minimum Gasteiger partial charge on any atom is -1.00 e. The second kappa shape index (κ2) is 31.6.